The Balaban J connectivity index is 1.97. The number of aromatic nitrogens is 2. The molecule has 0 saturated heterocycles. The van der Waals surface area contributed by atoms with E-state index in [-0.39, 0.29) is 38.0 Å². The highest BCUT2D eigenvalue weighted by Crippen LogP contribution is 2.37. The number of nitrogens with zero attached hydrogens (tertiary/aromatic N) is 2. The van der Waals surface area contributed by atoms with Crippen LogP contribution in [-0.2, 0) is 6.18 Å². The molecule has 0 aliphatic carbocycles. The van der Waals surface area contributed by atoms with Crippen molar-refractivity contribution in [1.82, 2.24) is 9.97 Å². The fraction of sp³-hybridized carbons (Fsp3) is 0.0455. The number of halogens is 5. The van der Waals surface area contributed by atoms with Gasteiger partial charge in [-0.15, -0.1) is 0 Å². The molecule has 36 heavy (non-hydrogen) atoms. The maximum Gasteiger partial charge on any atom is 0.417 e. The van der Waals surface area contributed by atoms with E-state index < -0.39 is 39.4 Å². The molecule has 9 nitrogen and oxygen atoms in total. The minimum Gasteiger partial charge on any atom is -0.366 e. The summed E-state index contributed by atoms with van der Waals surface area (Å²) in [6, 6.07) is 9.01. The third-order valence-corrected chi connectivity index (χ3v) is 5.83. The number of alkyl halides is 3. The largest absolute Gasteiger partial charge is 0.417 e. The van der Waals surface area contributed by atoms with Gasteiger partial charge in [-0.05, 0) is 35.9 Å². The SMILES string of the molecule is NC(=O)c1ccc(-c2cc([N+](=O)[O-])cc3c(=O)[nH]c(Nc4ccc(Cl)c(Cl)c4)nc23)cc1C(F)(F)F. The van der Waals surface area contributed by atoms with E-state index in [0.29, 0.717) is 11.8 Å². The molecule has 0 unspecified atom stereocenters. The van der Waals surface area contributed by atoms with Crippen LogP contribution in [0.25, 0.3) is 22.0 Å². The van der Waals surface area contributed by atoms with E-state index in [1.165, 1.54) is 18.2 Å². The number of carbonyl (C=O) groups is 1. The lowest BCUT2D eigenvalue weighted by Gasteiger charge is -2.14. The number of nitrogens with one attached hydrogen (secondary N) is 2. The van der Waals surface area contributed by atoms with Gasteiger partial charge in [0.15, 0.2) is 0 Å². The van der Waals surface area contributed by atoms with Crippen molar-refractivity contribution in [2.24, 2.45) is 5.73 Å². The topological polar surface area (TPSA) is 144 Å². The van der Waals surface area contributed by atoms with Crippen molar-refractivity contribution in [2.45, 2.75) is 6.18 Å². The Morgan fingerprint density at radius 2 is 1.81 bits per heavy atom. The van der Waals surface area contributed by atoms with Crippen molar-refractivity contribution in [2.75, 3.05) is 5.32 Å². The number of nitro groups is 1. The summed E-state index contributed by atoms with van der Waals surface area (Å²) in [7, 11) is 0. The Morgan fingerprint density at radius 3 is 2.42 bits per heavy atom. The molecule has 0 bridgehead atoms. The molecule has 184 valence electrons. The molecule has 4 N–H and O–H groups in total. The van der Waals surface area contributed by atoms with Crippen LogP contribution in [0.2, 0.25) is 10.0 Å². The third-order valence-electron chi connectivity index (χ3n) is 5.09. The highest BCUT2D eigenvalue weighted by Gasteiger charge is 2.35. The first-order valence-electron chi connectivity index (χ1n) is 9.81. The smallest absolute Gasteiger partial charge is 0.366 e. The minimum absolute atomic E-state index is 0.120. The average molecular weight is 538 g/mol. The number of non-ortho nitro benzene ring substituents is 1. The average Bonchev–Trinajstić information content (AvgIpc) is 2.80. The normalized spacial score (nSPS) is 11.5. The molecule has 1 amide bonds. The molecular formula is C22H12Cl2F3N5O4. The number of amides is 1. The molecule has 0 radical (unpaired) electrons. The molecule has 0 aliphatic heterocycles. The predicted octanol–water partition coefficient (Wildman–Crippen LogP) is 5.67. The zero-order chi connectivity index (χ0) is 26.4. The van der Waals surface area contributed by atoms with Gasteiger partial charge in [0.25, 0.3) is 11.2 Å². The molecule has 4 aromatic rings. The zero-order valence-corrected chi connectivity index (χ0v) is 19.1. The first kappa shape index (κ1) is 24.9. The van der Waals surface area contributed by atoms with E-state index in [4.69, 9.17) is 28.9 Å². The van der Waals surface area contributed by atoms with Crippen molar-refractivity contribution >= 4 is 57.3 Å². The highest BCUT2D eigenvalue weighted by atomic mass is 35.5. The van der Waals surface area contributed by atoms with Crippen molar-refractivity contribution < 1.29 is 22.9 Å². The lowest BCUT2D eigenvalue weighted by atomic mass is 9.96. The van der Waals surface area contributed by atoms with E-state index >= 15 is 0 Å². The van der Waals surface area contributed by atoms with Gasteiger partial charge in [-0.1, -0.05) is 29.3 Å². The quantitative estimate of drug-likeness (QED) is 0.221. The monoisotopic (exact) mass is 537 g/mol. The van der Waals surface area contributed by atoms with E-state index in [2.05, 4.69) is 15.3 Å². The van der Waals surface area contributed by atoms with Crippen LogP contribution in [0.15, 0.2) is 53.3 Å². The van der Waals surface area contributed by atoms with Crippen LogP contribution >= 0.6 is 23.2 Å². The Bertz CT molecular complexity index is 1620. The number of nitro benzene ring substituents is 1. The molecule has 14 heteroatoms. The van der Waals surface area contributed by atoms with Crippen molar-refractivity contribution in [1.29, 1.82) is 0 Å². The van der Waals surface area contributed by atoms with Crippen LogP contribution in [0.5, 0.6) is 0 Å². The lowest BCUT2D eigenvalue weighted by Crippen LogP contribution is -2.19. The Hall–Kier alpha value is -4.16. The van der Waals surface area contributed by atoms with E-state index in [9.17, 15) is 32.9 Å². The standard InChI is InChI=1S/C22H12Cl2F3N5O4/c23-16-4-2-10(6-17(16)24)29-21-30-18-13(7-11(32(35)36)8-14(18)20(34)31-21)9-1-3-12(19(28)33)15(5-9)22(25,26)27/h1-8H,(H2,28,33)(H2,29,30,31,34). The summed E-state index contributed by atoms with van der Waals surface area (Å²) in [5.74, 6) is -1.42. The minimum atomic E-state index is -4.96. The Labute approximate surface area is 208 Å². The molecule has 0 spiro atoms. The molecule has 4 rings (SSSR count). The van der Waals surface area contributed by atoms with Gasteiger partial charge in [0.1, 0.15) is 0 Å². The number of primary amides is 1. The Kier molecular flexibility index (Phi) is 6.33. The molecule has 0 saturated carbocycles. The number of hydrogen-bond donors (Lipinski definition) is 3. The van der Waals surface area contributed by atoms with E-state index in [1.54, 1.807) is 0 Å². The second-order valence-electron chi connectivity index (χ2n) is 7.44. The van der Waals surface area contributed by atoms with Crippen LogP contribution in [0.3, 0.4) is 0 Å². The van der Waals surface area contributed by atoms with Gasteiger partial charge in [-0.2, -0.15) is 13.2 Å². The second kappa shape index (κ2) is 9.13. The molecule has 1 heterocycles. The van der Waals surface area contributed by atoms with Crippen molar-refractivity contribution in [3.63, 3.8) is 0 Å². The van der Waals surface area contributed by atoms with Gasteiger partial charge >= 0.3 is 6.18 Å². The summed E-state index contributed by atoms with van der Waals surface area (Å²) in [6.45, 7) is 0. The number of H-pyrrole nitrogens is 1. The van der Waals surface area contributed by atoms with Gasteiger partial charge in [0.2, 0.25) is 11.9 Å². The molecule has 0 fully saturated rings. The van der Waals surface area contributed by atoms with Crippen LogP contribution in [-0.4, -0.2) is 20.8 Å². The number of aromatic amines is 1. The fourth-order valence-corrected chi connectivity index (χ4v) is 3.78. The molecule has 1 aromatic heterocycles. The van der Waals surface area contributed by atoms with E-state index in [0.717, 1.165) is 24.3 Å². The van der Waals surface area contributed by atoms with Crippen LogP contribution < -0.4 is 16.6 Å². The predicted molar refractivity (Wildman–Crippen MR) is 128 cm³/mol. The lowest BCUT2D eigenvalue weighted by molar-refractivity contribution is -0.384. The molecular weight excluding hydrogens is 526 g/mol. The van der Waals surface area contributed by atoms with Gasteiger partial charge in [0, 0.05) is 23.4 Å². The number of fused-ring (bicyclic) bond motifs is 1. The van der Waals surface area contributed by atoms with Crippen molar-refractivity contribution in [3.05, 3.63) is 90.2 Å². The van der Waals surface area contributed by atoms with Crippen LogP contribution in [0.1, 0.15) is 15.9 Å². The van der Waals surface area contributed by atoms with Gasteiger partial charge in [0.05, 0.1) is 37.0 Å². The number of benzene rings is 3. The summed E-state index contributed by atoms with van der Waals surface area (Å²) in [5, 5.41) is 14.5. The number of carbonyl (C=O) groups excluding carboxylic acids is 1. The first-order valence-corrected chi connectivity index (χ1v) is 10.6. The molecule has 0 atom stereocenters. The number of hydrogen-bond acceptors (Lipinski definition) is 6. The maximum absolute atomic E-state index is 13.6. The zero-order valence-electron chi connectivity index (χ0n) is 17.6. The summed E-state index contributed by atoms with van der Waals surface area (Å²) < 4.78 is 40.9. The van der Waals surface area contributed by atoms with Gasteiger partial charge in [-0.3, -0.25) is 24.7 Å². The fourth-order valence-electron chi connectivity index (χ4n) is 3.48. The van der Waals surface area contributed by atoms with E-state index in [1.807, 2.05) is 0 Å². The van der Waals surface area contributed by atoms with Crippen LogP contribution in [0.4, 0.5) is 30.5 Å². The summed E-state index contributed by atoms with van der Waals surface area (Å²) in [4.78, 5) is 41.7. The first-order chi connectivity index (χ1) is 16.8. The van der Waals surface area contributed by atoms with Gasteiger partial charge < -0.3 is 11.1 Å². The molecule has 3 aromatic carbocycles. The van der Waals surface area contributed by atoms with Gasteiger partial charge in [-0.25, -0.2) is 4.98 Å². The number of rotatable bonds is 5. The number of anilines is 2. The summed E-state index contributed by atoms with van der Waals surface area (Å²) >= 11 is 11.9. The second-order valence-corrected chi connectivity index (χ2v) is 8.25. The summed E-state index contributed by atoms with van der Waals surface area (Å²) in [5.41, 5.74) is 1.52. The van der Waals surface area contributed by atoms with Crippen LogP contribution in [0, 0.1) is 10.1 Å². The Morgan fingerprint density at radius 1 is 1.08 bits per heavy atom. The van der Waals surface area contributed by atoms with Crippen molar-refractivity contribution in [3.8, 4) is 11.1 Å². The summed E-state index contributed by atoms with van der Waals surface area (Å²) in [6.07, 6.45) is -4.96. The maximum atomic E-state index is 13.6. The third kappa shape index (κ3) is 4.81. The molecule has 0 aliphatic rings. The highest BCUT2D eigenvalue weighted by molar-refractivity contribution is 6.42. The number of nitrogens with two attached hydrogens (primary N) is 1.